The van der Waals surface area contributed by atoms with Crippen molar-refractivity contribution in [3.8, 4) is 0 Å². The van der Waals surface area contributed by atoms with Crippen molar-refractivity contribution < 1.29 is 13.6 Å². The quantitative estimate of drug-likeness (QED) is 0.542. The van der Waals surface area contributed by atoms with Crippen molar-refractivity contribution in [1.82, 2.24) is 0 Å². The van der Waals surface area contributed by atoms with E-state index < -0.39 is 0 Å². The molecule has 4 rings (SSSR count). The fourth-order valence-corrected chi connectivity index (χ4v) is 3.79. The van der Waals surface area contributed by atoms with E-state index in [0.29, 0.717) is 5.69 Å². The maximum absolute atomic E-state index is 13.1. The molecule has 2 N–H and O–H groups in total. The predicted molar refractivity (Wildman–Crippen MR) is 117 cm³/mol. The van der Waals surface area contributed by atoms with E-state index in [1.165, 1.54) is 24.3 Å². The first-order valence-corrected chi connectivity index (χ1v) is 9.89. The lowest BCUT2D eigenvalue weighted by atomic mass is 9.75. The third kappa shape index (κ3) is 4.13. The third-order valence-corrected chi connectivity index (χ3v) is 5.20. The van der Waals surface area contributed by atoms with E-state index in [2.05, 4.69) is 29.7 Å². The van der Waals surface area contributed by atoms with Gasteiger partial charge in [0.25, 0.3) is 5.91 Å². The summed E-state index contributed by atoms with van der Waals surface area (Å²) >= 11 is 0. The van der Waals surface area contributed by atoms with Gasteiger partial charge in [-0.3, -0.25) is 10.2 Å². The van der Waals surface area contributed by atoms with E-state index in [1.54, 1.807) is 0 Å². The molecule has 1 heterocycles. The summed E-state index contributed by atoms with van der Waals surface area (Å²) in [6.07, 6.45) is 1.48. The summed E-state index contributed by atoms with van der Waals surface area (Å²) in [7, 11) is 0. The third-order valence-electron chi connectivity index (χ3n) is 5.20. The Balaban J connectivity index is 1.66. The SMILES string of the molecule is Cc1c(C(=O)Nc2ccc(F)cc2)oc2c1/C(=N\Nc1ccccc1)CC(C)(C)C2. The minimum absolute atomic E-state index is 0.0425. The number of amides is 1. The van der Waals surface area contributed by atoms with Gasteiger partial charge in [0.2, 0.25) is 0 Å². The number of nitrogens with one attached hydrogen (secondary N) is 2. The first-order valence-electron chi connectivity index (χ1n) is 9.89. The van der Waals surface area contributed by atoms with Crippen LogP contribution in [0.15, 0.2) is 64.1 Å². The van der Waals surface area contributed by atoms with Gasteiger partial charge < -0.3 is 9.73 Å². The Bertz CT molecular complexity index is 1100. The Morgan fingerprint density at radius 3 is 2.43 bits per heavy atom. The summed E-state index contributed by atoms with van der Waals surface area (Å²) in [5, 5.41) is 7.42. The van der Waals surface area contributed by atoms with Crippen molar-refractivity contribution in [2.75, 3.05) is 10.7 Å². The highest BCUT2D eigenvalue weighted by Gasteiger charge is 2.36. The van der Waals surface area contributed by atoms with Gasteiger partial charge in [-0.15, -0.1) is 0 Å². The lowest BCUT2D eigenvalue weighted by molar-refractivity contribution is 0.0993. The molecule has 0 aliphatic heterocycles. The van der Waals surface area contributed by atoms with Crippen molar-refractivity contribution >= 4 is 23.0 Å². The number of hydrogen-bond donors (Lipinski definition) is 2. The van der Waals surface area contributed by atoms with Crippen molar-refractivity contribution in [2.24, 2.45) is 10.5 Å². The monoisotopic (exact) mass is 405 g/mol. The molecule has 0 fully saturated rings. The van der Waals surface area contributed by atoms with Crippen LogP contribution in [-0.2, 0) is 6.42 Å². The summed E-state index contributed by atoms with van der Waals surface area (Å²) < 4.78 is 19.1. The Labute approximate surface area is 175 Å². The van der Waals surface area contributed by atoms with Crippen LogP contribution in [0.2, 0.25) is 0 Å². The number of hydrazone groups is 1. The Hall–Kier alpha value is -3.41. The van der Waals surface area contributed by atoms with Crippen LogP contribution < -0.4 is 10.7 Å². The zero-order valence-electron chi connectivity index (χ0n) is 17.3. The molecule has 0 unspecified atom stereocenters. The molecule has 3 aromatic rings. The molecule has 1 aliphatic carbocycles. The standard InChI is InChI=1S/C24H24FN3O2/c1-15-21-19(28-27-18-7-5-4-6-8-18)13-24(2,3)14-20(21)30-22(15)23(29)26-17-11-9-16(25)10-12-17/h4-12,27H,13-14H2,1-3H3,(H,26,29)/b28-19-. The summed E-state index contributed by atoms with van der Waals surface area (Å²) in [6.45, 7) is 6.19. The highest BCUT2D eigenvalue weighted by Crippen LogP contribution is 2.39. The van der Waals surface area contributed by atoms with Gasteiger partial charge in [-0.05, 0) is 55.2 Å². The van der Waals surface area contributed by atoms with Crippen LogP contribution in [0.25, 0.3) is 0 Å². The van der Waals surface area contributed by atoms with Gasteiger partial charge in [0, 0.05) is 23.2 Å². The summed E-state index contributed by atoms with van der Waals surface area (Å²) in [4.78, 5) is 12.8. The van der Waals surface area contributed by atoms with Crippen LogP contribution in [0, 0.1) is 18.2 Å². The maximum atomic E-state index is 13.1. The number of benzene rings is 2. The fourth-order valence-electron chi connectivity index (χ4n) is 3.79. The van der Waals surface area contributed by atoms with E-state index >= 15 is 0 Å². The van der Waals surface area contributed by atoms with Crippen LogP contribution >= 0.6 is 0 Å². The van der Waals surface area contributed by atoms with Crippen LogP contribution in [0.3, 0.4) is 0 Å². The lowest BCUT2D eigenvalue weighted by Crippen LogP contribution is -2.27. The van der Waals surface area contributed by atoms with Gasteiger partial charge in [-0.25, -0.2) is 4.39 Å². The zero-order chi connectivity index (χ0) is 21.3. The summed E-state index contributed by atoms with van der Waals surface area (Å²) in [5.74, 6) is 0.310. The van der Waals surface area contributed by atoms with Gasteiger partial charge in [0.1, 0.15) is 11.6 Å². The molecule has 0 spiro atoms. The van der Waals surface area contributed by atoms with E-state index in [1.807, 2.05) is 37.3 Å². The van der Waals surface area contributed by atoms with E-state index in [9.17, 15) is 9.18 Å². The number of halogens is 1. The van der Waals surface area contributed by atoms with Crippen molar-refractivity contribution in [3.63, 3.8) is 0 Å². The number of furan rings is 1. The molecule has 5 nitrogen and oxygen atoms in total. The highest BCUT2D eigenvalue weighted by atomic mass is 19.1. The average molecular weight is 405 g/mol. The molecule has 154 valence electrons. The average Bonchev–Trinajstić information content (AvgIpc) is 3.04. The first-order chi connectivity index (χ1) is 14.3. The van der Waals surface area contributed by atoms with E-state index in [-0.39, 0.29) is 22.9 Å². The van der Waals surface area contributed by atoms with Gasteiger partial charge in [0.15, 0.2) is 5.76 Å². The van der Waals surface area contributed by atoms with Crippen LogP contribution in [-0.4, -0.2) is 11.6 Å². The Morgan fingerprint density at radius 2 is 1.73 bits per heavy atom. The molecule has 1 aromatic heterocycles. The van der Waals surface area contributed by atoms with Gasteiger partial charge in [-0.1, -0.05) is 32.0 Å². The van der Waals surface area contributed by atoms with Gasteiger partial charge >= 0.3 is 0 Å². The molecular weight excluding hydrogens is 381 g/mol. The maximum Gasteiger partial charge on any atom is 0.291 e. The number of carbonyl (C=O) groups is 1. The minimum atomic E-state index is -0.360. The number of anilines is 2. The largest absolute Gasteiger partial charge is 0.455 e. The summed E-state index contributed by atoms with van der Waals surface area (Å²) in [5.41, 5.74) is 6.99. The molecule has 0 radical (unpaired) electrons. The molecule has 0 saturated carbocycles. The number of para-hydroxylation sites is 1. The fraction of sp³-hybridized carbons (Fsp3) is 0.250. The van der Waals surface area contributed by atoms with Crippen molar-refractivity contribution in [3.05, 3.63) is 83.1 Å². The Kier molecular flexibility index (Phi) is 5.16. The summed E-state index contributed by atoms with van der Waals surface area (Å²) in [6, 6.07) is 15.4. The van der Waals surface area contributed by atoms with Crippen molar-refractivity contribution in [1.29, 1.82) is 0 Å². The minimum Gasteiger partial charge on any atom is -0.455 e. The number of nitrogens with zero attached hydrogens (tertiary/aromatic N) is 1. The molecule has 2 aromatic carbocycles. The van der Waals surface area contributed by atoms with Crippen molar-refractivity contribution in [2.45, 2.75) is 33.6 Å². The van der Waals surface area contributed by atoms with Gasteiger partial charge in [-0.2, -0.15) is 5.10 Å². The second-order valence-corrected chi connectivity index (χ2v) is 8.37. The number of hydrogen-bond acceptors (Lipinski definition) is 4. The first kappa shape index (κ1) is 19.9. The van der Waals surface area contributed by atoms with Crippen LogP contribution in [0.1, 0.15) is 47.7 Å². The zero-order valence-corrected chi connectivity index (χ0v) is 17.3. The lowest BCUT2D eigenvalue weighted by Gasteiger charge is -2.29. The molecule has 1 aliphatic rings. The molecule has 30 heavy (non-hydrogen) atoms. The van der Waals surface area contributed by atoms with Crippen LogP contribution in [0.4, 0.5) is 15.8 Å². The smallest absolute Gasteiger partial charge is 0.291 e. The highest BCUT2D eigenvalue weighted by molar-refractivity contribution is 6.09. The normalized spacial score (nSPS) is 16.2. The van der Waals surface area contributed by atoms with Gasteiger partial charge in [0.05, 0.1) is 11.4 Å². The van der Waals surface area contributed by atoms with Crippen LogP contribution in [0.5, 0.6) is 0 Å². The van der Waals surface area contributed by atoms with E-state index in [4.69, 9.17) is 4.42 Å². The topological polar surface area (TPSA) is 66.6 Å². The molecule has 0 atom stereocenters. The second-order valence-electron chi connectivity index (χ2n) is 8.37. The number of carbonyl (C=O) groups excluding carboxylic acids is 1. The predicted octanol–water partition coefficient (Wildman–Crippen LogP) is 5.77. The Morgan fingerprint density at radius 1 is 1.03 bits per heavy atom. The molecular formula is C24H24FN3O2. The molecule has 0 bridgehead atoms. The molecule has 6 heteroatoms. The molecule has 1 amide bonds. The molecule has 0 saturated heterocycles. The number of fused-ring (bicyclic) bond motifs is 1. The van der Waals surface area contributed by atoms with E-state index in [0.717, 1.165) is 41.1 Å². The number of rotatable bonds is 4. The second kappa shape index (κ2) is 7.78.